The lowest BCUT2D eigenvalue weighted by molar-refractivity contribution is 0.390. The number of nitrogens with zero attached hydrogens (tertiary/aromatic N) is 1. The zero-order chi connectivity index (χ0) is 12.2. The van der Waals surface area contributed by atoms with E-state index in [-0.39, 0.29) is 0 Å². The van der Waals surface area contributed by atoms with Crippen molar-refractivity contribution in [3.8, 4) is 6.07 Å². The molecular formula is C13H17BrN2. The molecular weight excluding hydrogens is 264 g/mol. The maximum Gasteiger partial charge on any atom is 0.0992 e. The van der Waals surface area contributed by atoms with Crippen LogP contribution >= 0.6 is 15.9 Å². The van der Waals surface area contributed by atoms with Gasteiger partial charge in [0, 0.05) is 16.7 Å². The van der Waals surface area contributed by atoms with Crippen LogP contribution in [-0.2, 0) is 0 Å². The average molecular weight is 281 g/mol. The van der Waals surface area contributed by atoms with E-state index in [2.05, 4.69) is 48.1 Å². The number of hydrogen-bond donors (Lipinski definition) is 1. The number of halogens is 1. The van der Waals surface area contributed by atoms with Gasteiger partial charge in [0.1, 0.15) is 0 Å². The van der Waals surface area contributed by atoms with Crippen molar-refractivity contribution in [1.82, 2.24) is 0 Å². The van der Waals surface area contributed by atoms with Gasteiger partial charge in [0.2, 0.25) is 0 Å². The standard InChI is InChI=1S/C13H17BrN2/c1-13(2,3)6-7-16-12-5-4-10(9-15)8-11(12)14/h4-5,8,16H,6-7H2,1-3H3. The lowest BCUT2D eigenvalue weighted by atomic mass is 9.92. The summed E-state index contributed by atoms with van der Waals surface area (Å²) >= 11 is 3.45. The van der Waals surface area contributed by atoms with Gasteiger partial charge in [-0.05, 0) is 46.0 Å². The molecule has 3 heteroatoms. The molecule has 0 radical (unpaired) electrons. The fraction of sp³-hybridized carbons (Fsp3) is 0.462. The fourth-order valence-electron chi connectivity index (χ4n) is 1.30. The van der Waals surface area contributed by atoms with E-state index in [1.165, 1.54) is 0 Å². The van der Waals surface area contributed by atoms with E-state index in [9.17, 15) is 0 Å². The van der Waals surface area contributed by atoms with Crippen LogP contribution in [0.3, 0.4) is 0 Å². The molecule has 0 aliphatic carbocycles. The molecule has 1 aromatic rings. The summed E-state index contributed by atoms with van der Waals surface area (Å²) in [6, 6.07) is 7.71. The Labute approximate surface area is 106 Å². The Kier molecular flexibility index (Phi) is 4.37. The summed E-state index contributed by atoms with van der Waals surface area (Å²) in [5, 5.41) is 12.1. The van der Waals surface area contributed by atoms with Gasteiger partial charge < -0.3 is 5.32 Å². The Bertz CT molecular complexity index is 399. The van der Waals surface area contributed by atoms with Crippen LogP contribution in [-0.4, -0.2) is 6.54 Å². The minimum absolute atomic E-state index is 0.339. The van der Waals surface area contributed by atoms with Gasteiger partial charge in [-0.3, -0.25) is 0 Å². The van der Waals surface area contributed by atoms with Gasteiger partial charge in [-0.15, -0.1) is 0 Å². The van der Waals surface area contributed by atoms with Gasteiger partial charge in [0.05, 0.1) is 11.6 Å². The zero-order valence-electron chi connectivity index (χ0n) is 9.97. The SMILES string of the molecule is CC(C)(C)CCNc1ccc(C#N)cc1Br. The molecule has 0 unspecified atom stereocenters. The molecule has 0 bridgehead atoms. The first-order chi connectivity index (χ1) is 7.42. The van der Waals surface area contributed by atoms with E-state index in [0.29, 0.717) is 11.0 Å². The highest BCUT2D eigenvalue weighted by Gasteiger charge is 2.09. The van der Waals surface area contributed by atoms with Crippen molar-refractivity contribution >= 4 is 21.6 Å². The van der Waals surface area contributed by atoms with E-state index in [1.54, 1.807) is 0 Å². The van der Waals surface area contributed by atoms with Crippen molar-refractivity contribution in [1.29, 1.82) is 5.26 Å². The predicted molar refractivity (Wildman–Crippen MR) is 71.4 cm³/mol. The normalized spacial score (nSPS) is 10.9. The highest BCUT2D eigenvalue weighted by Crippen LogP contribution is 2.24. The second-order valence-corrected chi connectivity index (χ2v) is 5.90. The van der Waals surface area contributed by atoms with Crippen LogP contribution in [0.15, 0.2) is 22.7 Å². The summed E-state index contributed by atoms with van der Waals surface area (Å²) in [7, 11) is 0. The number of nitrogens with one attached hydrogen (secondary N) is 1. The summed E-state index contributed by atoms with van der Waals surface area (Å²) in [5.74, 6) is 0. The van der Waals surface area contributed by atoms with Gasteiger partial charge in [0.15, 0.2) is 0 Å². The first-order valence-electron chi connectivity index (χ1n) is 5.36. The van der Waals surface area contributed by atoms with Crippen molar-refractivity contribution in [3.63, 3.8) is 0 Å². The van der Waals surface area contributed by atoms with Crippen molar-refractivity contribution in [3.05, 3.63) is 28.2 Å². The van der Waals surface area contributed by atoms with Crippen molar-refractivity contribution in [2.45, 2.75) is 27.2 Å². The van der Waals surface area contributed by atoms with Crippen molar-refractivity contribution in [2.24, 2.45) is 5.41 Å². The quantitative estimate of drug-likeness (QED) is 0.902. The molecule has 0 fully saturated rings. The van der Waals surface area contributed by atoms with Crippen LogP contribution in [0, 0.1) is 16.7 Å². The summed E-state index contributed by atoms with van der Waals surface area (Å²) in [6.45, 7) is 7.61. The molecule has 0 aliphatic rings. The Morgan fingerprint density at radius 3 is 2.56 bits per heavy atom. The van der Waals surface area contributed by atoms with E-state index < -0.39 is 0 Å². The minimum Gasteiger partial charge on any atom is -0.384 e. The van der Waals surface area contributed by atoms with Gasteiger partial charge >= 0.3 is 0 Å². The van der Waals surface area contributed by atoms with Crippen molar-refractivity contribution < 1.29 is 0 Å². The molecule has 0 saturated carbocycles. The highest BCUT2D eigenvalue weighted by molar-refractivity contribution is 9.10. The summed E-state index contributed by atoms with van der Waals surface area (Å²) in [5.41, 5.74) is 2.06. The lowest BCUT2D eigenvalue weighted by Gasteiger charge is -2.19. The van der Waals surface area contributed by atoms with Crippen LogP contribution in [0.5, 0.6) is 0 Å². The molecule has 0 aromatic heterocycles. The number of benzene rings is 1. The van der Waals surface area contributed by atoms with Crippen LogP contribution in [0.1, 0.15) is 32.8 Å². The number of hydrogen-bond acceptors (Lipinski definition) is 2. The molecule has 0 saturated heterocycles. The number of nitriles is 1. The molecule has 2 nitrogen and oxygen atoms in total. The van der Waals surface area contributed by atoms with E-state index in [1.807, 2.05) is 18.2 Å². The molecule has 0 aliphatic heterocycles. The molecule has 0 heterocycles. The Balaban J connectivity index is 2.59. The maximum absolute atomic E-state index is 8.74. The van der Waals surface area contributed by atoms with Crippen LogP contribution in [0.2, 0.25) is 0 Å². The molecule has 0 atom stereocenters. The topological polar surface area (TPSA) is 35.8 Å². The second kappa shape index (κ2) is 5.36. The third-order valence-electron chi connectivity index (χ3n) is 2.29. The molecule has 1 rings (SSSR count). The predicted octanol–water partition coefficient (Wildman–Crippen LogP) is 4.17. The largest absolute Gasteiger partial charge is 0.384 e. The van der Waals surface area contributed by atoms with Gasteiger partial charge in [0.25, 0.3) is 0 Å². The van der Waals surface area contributed by atoms with Crippen LogP contribution in [0.4, 0.5) is 5.69 Å². The molecule has 86 valence electrons. The fourth-order valence-corrected chi connectivity index (χ4v) is 1.82. The molecule has 16 heavy (non-hydrogen) atoms. The first kappa shape index (κ1) is 13.1. The summed E-state index contributed by atoms with van der Waals surface area (Å²) in [6.07, 6.45) is 1.11. The smallest absolute Gasteiger partial charge is 0.0992 e. The Morgan fingerprint density at radius 1 is 1.38 bits per heavy atom. The Morgan fingerprint density at radius 2 is 2.06 bits per heavy atom. The van der Waals surface area contributed by atoms with Crippen LogP contribution in [0.25, 0.3) is 0 Å². The molecule has 1 aromatic carbocycles. The van der Waals surface area contributed by atoms with E-state index >= 15 is 0 Å². The second-order valence-electron chi connectivity index (χ2n) is 5.04. The number of rotatable bonds is 3. The molecule has 0 amide bonds. The first-order valence-corrected chi connectivity index (χ1v) is 6.15. The molecule has 0 spiro atoms. The van der Waals surface area contributed by atoms with Crippen LogP contribution < -0.4 is 5.32 Å². The third-order valence-corrected chi connectivity index (χ3v) is 2.94. The minimum atomic E-state index is 0.339. The summed E-state index contributed by atoms with van der Waals surface area (Å²) in [4.78, 5) is 0. The van der Waals surface area contributed by atoms with Crippen molar-refractivity contribution in [2.75, 3.05) is 11.9 Å². The third kappa shape index (κ3) is 4.24. The number of anilines is 1. The van der Waals surface area contributed by atoms with E-state index in [4.69, 9.17) is 5.26 Å². The average Bonchev–Trinajstić information content (AvgIpc) is 2.18. The monoisotopic (exact) mass is 280 g/mol. The highest BCUT2D eigenvalue weighted by atomic mass is 79.9. The Hall–Kier alpha value is -1.01. The summed E-state index contributed by atoms with van der Waals surface area (Å²) < 4.78 is 0.945. The van der Waals surface area contributed by atoms with Gasteiger partial charge in [-0.1, -0.05) is 20.8 Å². The molecule has 1 N–H and O–H groups in total. The van der Waals surface area contributed by atoms with Gasteiger partial charge in [-0.25, -0.2) is 0 Å². The zero-order valence-corrected chi connectivity index (χ0v) is 11.6. The van der Waals surface area contributed by atoms with Gasteiger partial charge in [-0.2, -0.15) is 5.26 Å². The maximum atomic E-state index is 8.74. The lowest BCUT2D eigenvalue weighted by Crippen LogP contribution is -2.13. The van der Waals surface area contributed by atoms with E-state index in [0.717, 1.165) is 23.1 Å².